The summed E-state index contributed by atoms with van der Waals surface area (Å²) < 4.78 is 11.8. The van der Waals surface area contributed by atoms with Crippen LogP contribution in [-0.2, 0) is 9.47 Å². The van der Waals surface area contributed by atoms with Crippen LogP contribution >= 0.6 is 0 Å². The van der Waals surface area contributed by atoms with Crippen LogP contribution in [-0.4, -0.2) is 31.5 Å². The molecule has 0 bridgehead atoms. The van der Waals surface area contributed by atoms with Gasteiger partial charge in [-0.3, -0.25) is 0 Å². The highest BCUT2D eigenvalue weighted by molar-refractivity contribution is 5.01. The fourth-order valence-corrected chi connectivity index (χ4v) is 4.25. The van der Waals surface area contributed by atoms with Crippen LogP contribution in [0.2, 0.25) is 0 Å². The first-order valence-electron chi connectivity index (χ1n) is 7.14. The van der Waals surface area contributed by atoms with E-state index < -0.39 is 0 Å². The molecule has 0 aromatic carbocycles. The molecule has 98 valence electrons. The van der Waals surface area contributed by atoms with Crippen molar-refractivity contribution in [2.75, 3.05) is 7.11 Å². The molecular formula is C14H25NO2. The van der Waals surface area contributed by atoms with E-state index in [1.807, 2.05) is 7.11 Å². The van der Waals surface area contributed by atoms with Crippen molar-refractivity contribution in [3.8, 4) is 0 Å². The molecule has 3 nitrogen and oxygen atoms in total. The van der Waals surface area contributed by atoms with Gasteiger partial charge in [0.05, 0.1) is 18.3 Å². The minimum absolute atomic E-state index is 0.250. The average Bonchev–Trinajstić information content (AvgIpc) is 2.72. The van der Waals surface area contributed by atoms with Gasteiger partial charge in [-0.05, 0) is 43.4 Å². The Balaban J connectivity index is 1.73. The maximum atomic E-state index is 6.33. The molecule has 17 heavy (non-hydrogen) atoms. The van der Waals surface area contributed by atoms with E-state index in [9.17, 15) is 0 Å². The Bertz CT molecular complexity index is 283. The molecule has 1 aliphatic heterocycles. The first kappa shape index (κ1) is 11.9. The number of nitrogens with two attached hydrogens (primary N) is 1. The lowest BCUT2D eigenvalue weighted by atomic mass is 9.69. The summed E-state index contributed by atoms with van der Waals surface area (Å²) >= 11 is 0. The van der Waals surface area contributed by atoms with Gasteiger partial charge in [-0.2, -0.15) is 0 Å². The summed E-state index contributed by atoms with van der Waals surface area (Å²) in [6.45, 7) is 2.27. The normalized spacial score (nSPS) is 54.2. The van der Waals surface area contributed by atoms with E-state index in [4.69, 9.17) is 15.2 Å². The summed E-state index contributed by atoms with van der Waals surface area (Å²) in [7, 11) is 1.82. The van der Waals surface area contributed by atoms with Gasteiger partial charge in [0.1, 0.15) is 0 Å². The monoisotopic (exact) mass is 239 g/mol. The van der Waals surface area contributed by atoms with Gasteiger partial charge in [0.15, 0.2) is 0 Å². The molecule has 2 N–H and O–H groups in total. The summed E-state index contributed by atoms with van der Waals surface area (Å²) in [6.07, 6.45) is 7.30. The van der Waals surface area contributed by atoms with Gasteiger partial charge in [-0.25, -0.2) is 0 Å². The quantitative estimate of drug-likeness (QED) is 0.760. The Hall–Kier alpha value is -0.120. The van der Waals surface area contributed by atoms with Crippen molar-refractivity contribution in [2.24, 2.45) is 23.5 Å². The van der Waals surface area contributed by atoms with Crippen LogP contribution in [0.15, 0.2) is 0 Å². The molecule has 0 radical (unpaired) electrons. The number of hydrogen-bond donors (Lipinski definition) is 1. The van der Waals surface area contributed by atoms with Crippen molar-refractivity contribution in [3.05, 3.63) is 0 Å². The van der Waals surface area contributed by atoms with E-state index in [0.29, 0.717) is 24.2 Å². The molecular weight excluding hydrogens is 214 g/mol. The zero-order valence-corrected chi connectivity index (χ0v) is 11.0. The Morgan fingerprint density at radius 2 is 1.88 bits per heavy atom. The number of methoxy groups -OCH3 is 1. The van der Waals surface area contributed by atoms with E-state index in [2.05, 4.69) is 6.92 Å². The predicted octanol–water partition coefficient (Wildman–Crippen LogP) is 1.94. The maximum Gasteiger partial charge on any atom is 0.0764 e. The molecule has 0 amide bonds. The standard InChI is InChI=1S/C14H25NO2/c1-8-3-5-11-10-6-4-9(16-2)7-12(10)17-14(11)13(8)15/h8-14H,3-7,15H2,1-2H3. The summed E-state index contributed by atoms with van der Waals surface area (Å²) in [5.41, 5.74) is 6.33. The molecule has 7 atom stereocenters. The molecule has 0 aromatic rings. The van der Waals surface area contributed by atoms with Crippen molar-refractivity contribution in [1.82, 2.24) is 0 Å². The minimum Gasteiger partial charge on any atom is -0.381 e. The largest absolute Gasteiger partial charge is 0.381 e. The van der Waals surface area contributed by atoms with Crippen LogP contribution in [0.4, 0.5) is 0 Å². The number of rotatable bonds is 1. The average molecular weight is 239 g/mol. The Kier molecular flexibility index (Phi) is 3.18. The highest BCUT2D eigenvalue weighted by atomic mass is 16.5. The van der Waals surface area contributed by atoms with Crippen LogP contribution in [0.1, 0.15) is 39.0 Å². The van der Waals surface area contributed by atoms with Gasteiger partial charge in [-0.15, -0.1) is 0 Å². The molecule has 0 aromatic heterocycles. The van der Waals surface area contributed by atoms with Gasteiger partial charge >= 0.3 is 0 Å². The lowest BCUT2D eigenvalue weighted by Gasteiger charge is -2.37. The molecule has 3 rings (SSSR count). The van der Waals surface area contributed by atoms with E-state index in [0.717, 1.165) is 18.3 Å². The Morgan fingerprint density at radius 1 is 1.12 bits per heavy atom. The number of ether oxygens (including phenoxy) is 2. The maximum absolute atomic E-state index is 6.33. The van der Waals surface area contributed by atoms with Crippen LogP contribution in [0, 0.1) is 17.8 Å². The molecule has 1 saturated heterocycles. The zero-order valence-electron chi connectivity index (χ0n) is 11.0. The summed E-state index contributed by atoms with van der Waals surface area (Å²) in [4.78, 5) is 0. The fraction of sp³-hybridized carbons (Fsp3) is 1.00. The predicted molar refractivity (Wildman–Crippen MR) is 66.7 cm³/mol. The summed E-state index contributed by atoms with van der Waals surface area (Å²) in [5, 5.41) is 0. The van der Waals surface area contributed by atoms with Crippen LogP contribution in [0.5, 0.6) is 0 Å². The van der Waals surface area contributed by atoms with E-state index in [1.54, 1.807) is 0 Å². The van der Waals surface area contributed by atoms with Gasteiger partial charge in [0.2, 0.25) is 0 Å². The van der Waals surface area contributed by atoms with Crippen LogP contribution in [0.25, 0.3) is 0 Å². The first-order valence-corrected chi connectivity index (χ1v) is 7.14. The van der Waals surface area contributed by atoms with Crippen molar-refractivity contribution in [2.45, 2.75) is 63.4 Å². The zero-order chi connectivity index (χ0) is 12.0. The topological polar surface area (TPSA) is 44.5 Å². The Morgan fingerprint density at radius 3 is 2.65 bits per heavy atom. The van der Waals surface area contributed by atoms with Gasteiger partial charge in [0.25, 0.3) is 0 Å². The Labute approximate surface area is 104 Å². The lowest BCUT2D eigenvalue weighted by molar-refractivity contribution is -0.0458. The van der Waals surface area contributed by atoms with Gasteiger partial charge < -0.3 is 15.2 Å². The van der Waals surface area contributed by atoms with E-state index >= 15 is 0 Å². The SMILES string of the molecule is COC1CCC2C(C1)OC1C(N)C(C)CCC21. The molecule has 1 heterocycles. The first-order chi connectivity index (χ1) is 8.20. The lowest BCUT2D eigenvalue weighted by Crippen LogP contribution is -2.47. The van der Waals surface area contributed by atoms with Crippen molar-refractivity contribution in [3.63, 3.8) is 0 Å². The fourth-order valence-electron chi connectivity index (χ4n) is 4.25. The molecule has 2 aliphatic carbocycles. The second-order valence-corrected chi connectivity index (χ2v) is 6.27. The van der Waals surface area contributed by atoms with Crippen molar-refractivity contribution < 1.29 is 9.47 Å². The van der Waals surface area contributed by atoms with E-state index in [1.165, 1.54) is 25.7 Å². The molecule has 3 fully saturated rings. The smallest absolute Gasteiger partial charge is 0.0764 e. The van der Waals surface area contributed by atoms with Gasteiger partial charge in [0, 0.05) is 19.6 Å². The summed E-state index contributed by atoms with van der Waals surface area (Å²) in [5.74, 6) is 2.10. The van der Waals surface area contributed by atoms with E-state index in [-0.39, 0.29) is 6.04 Å². The third kappa shape index (κ3) is 1.92. The van der Waals surface area contributed by atoms with Crippen molar-refractivity contribution >= 4 is 0 Å². The highest BCUT2D eigenvalue weighted by Crippen LogP contribution is 2.48. The molecule has 3 aliphatic rings. The molecule has 0 spiro atoms. The van der Waals surface area contributed by atoms with Crippen molar-refractivity contribution in [1.29, 1.82) is 0 Å². The minimum atomic E-state index is 0.250. The van der Waals surface area contributed by atoms with Gasteiger partial charge in [-0.1, -0.05) is 6.92 Å². The summed E-state index contributed by atoms with van der Waals surface area (Å²) in [6, 6.07) is 0.250. The molecule has 7 unspecified atom stereocenters. The second-order valence-electron chi connectivity index (χ2n) is 6.27. The molecule has 2 saturated carbocycles. The highest BCUT2D eigenvalue weighted by Gasteiger charge is 2.51. The second kappa shape index (κ2) is 4.52. The third-order valence-electron chi connectivity index (χ3n) is 5.42. The van der Waals surface area contributed by atoms with Crippen LogP contribution in [0.3, 0.4) is 0 Å². The van der Waals surface area contributed by atoms with Crippen LogP contribution < -0.4 is 5.73 Å². The third-order valence-corrected chi connectivity index (χ3v) is 5.42. The number of fused-ring (bicyclic) bond motifs is 3. The molecule has 3 heteroatoms. The number of hydrogen-bond acceptors (Lipinski definition) is 3.